The number of thioether (sulfide) groups is 1. The fraction of sp³-hybridized carbons (Fsp3) is 0.667. The highest BCUT2D eigenvalue weighted by molar-refractivity contribution is 7.99. The van der Waals surface area contributed by atoms with Crippen LogP contribution in [0, 0.1) is 17.8 Å². The highest BCUT2D eigenvalue weighted by atomic mass is 35.5. The molecular formula is C18H24Cl2N4OS. The molecule has 3 unspecified atom stereocenters. The molecule has 8 heteroatoms. The Bertz CT molecular complexity index is 738. The molecule has 2 fully saturated rings. The van der Waals surface area contributed by atoms with Gasteiger partial charge in [0.1, 0.15) is 10.1 Å². The summed E-state index contributed by atoms with van der Waals surface area (Å²) in [6.07, 6.45) is 3.82. The summed E-state index contributed by atoms with van der Waals surface area (Å²) in [6, 6.07) is 3.90. The van der Waals surface area contributed by atoms with E-state index in [1.165, 1.54) is 6.42 Å². The second-order valence-corrected chi connectivity index (χ2v) is 10.3. The van der Waals surface area contributed by atoms with Crippen molar-refractivity contribution < 1.29 is 4.42 Å². The lowest BCUT2D eigenvalue weighted by atomic mass is 9.92. The van der Waals surface area contributed by atoms with E-state index in [2.05, 4.69) is 33.5 Å². The van der Waals surface area contributed by atoms with E-state index in [0.717, 1.165) is 42.1 Å². The molecule has 1 aliphatic carbocycles. The number of anilines is 1. The van der Waals surface area contributed by atoms with E-state index in [4.69, 9.17) is 27.6 Å². The molecule has 0 N–H and O–H groups in total. The van der Waals surface area contributed by atoms with Crippen molar-refractivity contribution in [2.24, 2.45) is 17.8 Å². The van der Waals surface area contributed by atoms with E-state index in [1.54, 1.807) is 18.0 Å². The van der Waals surface area contributed by atoms with E-state index in [1.807, 2.05) is 12.1 Å². The van der Waals surface area contributed by atoms with Gasteiger partial charge in [0.15, 0.2) is 5.16 Å². The van der Waals surface area contributed by atoms with E-state index in [0.29, 0.717) is 24.3 Å². The second-order valence-electron chi connectivity index (χ2n) is 7.77. The Morgan fingerprint density at radius 2 is 2.00 bits per heavy atom. The SMILES string of the molecule is CC1CC(C)CN(c2nnc(SCC3CC3(Cl)Cl)n2Cc2ccco2)C1. The summed E-state index contributed by atoms with van der Waals surface area (Å²) in [5.41, 5.74) is 0. The van der Waals surface area contributed by atoms with Crippen molar-refractivity contribution in [3.05, 3.63) is 24.2 Å². The molecule has 0 amide bonds. The molecule has 0 aromatic carbocycles. The molecule has 142 valence electrons. The molecule has 4 rings (SSSR count). The Kier molecular flexibility index (Phi) is 5.19. The summed E-state index contributed by atoms with van der Waals surface area (Å²) in [6.45, 7) is 7.27. The number of aromatic nitrogens is 3. The number of rotatable bonds is 6. The molecule has 2 aromatic rings. The smallest absolute Gasteiger partial charge is 0.228 e. The van der Waals surface area contributed by atoms with Gasteiger partial charge in [-0.1, -0.05) is 25.6 Å². The van der Waals surface area contributed by atoms with Crippen molar-refractivity contribution in [1.29, 1.82) is 0 Å². The van der Waals surface area contributed by atoms with Gasteiger partial charge in [0.25, 0.3) is 0 Å². The number of hydrogen-bond donors (Lipinski definition) is 0. The quantitative estimate of drug-likeness (QED) is 0.506. The average molecular weight is 415 g/mol. The molecule has 0 spiro atoms. The van der Waals surface area contributed by atoms with Gasteiger partial charge in [0.05, 0.1) is 12.8 Å². The third kappa shape index (κ3) is 4.02. The lowest BCUT2D eigenvalue weighted by molar-refractivity contribution is 0.350. The maximum atomic E-state index is 6.17. The predicted molar refractivity (Wildman–Crippen MR) is 106 cm³/mol. The summed E-state index contributed by atoms with van der Waals surface area (Å²) in [5, 5.41) is 9.91. The summed E-state index contributed by atoms with van der Waals surface area (Å²) in [5.74, 6) is 4.33. The maximum Gasteiger partial charge on any atom is 0.228 e. The van der Waals surface area contributed by atoms with Crippen molar-refractivity contribution in [1.82, 2.24) is 14.8 Å². The Labute approximate surface area is 168 Å². The maximum absolute atomic E-state index is 6.17. The van der Waals surface area contributed by atoms with Crippen LogP contribution >= 0.6 is 35.0 Å². The molecular weight excluding hydrogens is 391 g/mol. The first-order valence-electron chi connectivity index (χ1n) is 9.13. The first-order chi connectivity index (χ1) is 12.4. The van der Waals surface area contributed by atoms with Crippen LogP contribution in [0.4, 0.5) is 5.95 Å². The molecule has 0 bridgehead atoms. The number of nitrogens with zero attached hydrogens (tertiary/aromatic N) is 4. The van der Waals surface area contributed by atoms with Crippen LogP contribution in [0.3, 0.4) is 0 Å². The number of alkyl halides is 2. The molecule has 1 saturated carbocycles. The lowest BCUT2D eigenvalue weighted by Gasteiger charge is -2.35. The van der Waals surface area contributed by atoms with Crippen LogP contribution in [-0.4, -0.2) is 37.9 Å². The number of halogens is 2. The van der Waals surface area contributed by atoms with Gasteiger partial charge in [0, 0.05) is 24.8 Å². The minimum Gasteiger partial charge on any atom is -0.467 e. The lowest BCUT2D eigenvalue weighted by Crippen LogP contribution is -2.40. The second kappa shape index (κ2) is 7.28. The summed E-state index contributed by atoms with van der Waals surface area (Å²) in [7, 11) is 0. The fourth-order valence-corrected chi connectivity index (χ4v) is 5.63. The number of piperidine rings is 1. The van der Waals surface area contributed by atoms with Crippen LogP contribution in [-0.2, 0) is 6.54 Å². The molecule has 2 aliphatic rings. The largest absolute Gasteiger partial charge is 0.467 e. The Hall–Kier alpha value is -0.850. The third-order valence-corrected chi connectivity index (χ3v) is 7.17. The van der Waals surface area contributed by atoms with Gasteiger partial charge in [-0.2, -0.15) is 0 Å². The monoisotopic (exact) mass is 414 g/mol. The Morgan fingerprint density at radius 1 is 1.27 bits per heavy atom. The van der Waals surface area contributed by atoms with Crippen LogP contribution in [0.1, 0.15) is 32.4 Å². The summed E-state index contributed by atoms with van der Waals surface area (Å²) < 4.78 is 7.18. The van der Waals surface area contributed by atoms with E-state index in [9.17, 15) is 0 Å². The van der Waals surface area contributed by atoms with Crippen LogP contribution in [0.25, 0.3) is 0 Å². The van der Waals surface area contributed by atoms with E-state index < -0.39 is 4.33 Å². The fourth-order valence-electron chi connectivity index (χ4n) is 3.77. The molecule has 0 radical (unpaired) electrons. The average Bonchev–Trinajstić information content (AvgIpc) is 2.98. The molecule has 3 atom stereocenters. The Balaban J connectivity index is 1.56. The van der Waals surface area contributed by atoms with E-state index >= 15 is 0 Å². The summed E-state index contributed by atoms with van der Waals surface area (Å²) in [4.78, 5) is 2.36. The van der Waals surface area contributed by atoms with Crippen molar-refractivity contribution in [2.45, 2.75) is 42.7 Å². The van der Waals surface area contributed by atoms with Crippen molar-refractivity contribution in [3.63, 3.8) is 0 Å². The topological polar surface area (TPSA) is 47.1 Å². The number of furan rings is 1. The van der Waals surface area contributed by atoms with Gasteiger partial charge in [0.2, 0.25) is 5.95 Å². The standard InChI is InChI=1S/C18H24Cl2N4OS/c1-12-6-13(2)9-23(8-12)16-21-22-17(26-11-14-7-18(14,19)20)24(16)10-15-4-3-5-25-15/h3-5,12-14H,6-11H2,1-2H3. The number of hydrogen-bond acceptors (Lipinski definition) is 5. The first kappa shape index (κ1) is 18.5. The highest BCUT2D eigenvalue weighted by Crippen LogP contribution is 2.54. The zero-order valence-electron chi connectivity index (χ0n) is 15.1. The normalized spacial score (nSPS) is 27.7. The van der Waals surface area contributed by atoms with Gasteiger partial charge >= 0.3 is 0 Å². The molecule has 1 saturated heterocycles. The molecule has 5 nitrogen and oxygen atoms in total. The highest BCUT2D eigenvalue weighted by Gasteiger charge is 2.51. The van der Waals surface area contributed by atoms with Gasteiger partial charge in [-0.3, -0.25) is 4.57 Å². The third-order valence-electron chi connectivity index (χ3n) is 5.11. The molecule has 26 heavy (non-hydrogen) atoms. The van der Waals surface area contributed by atoms with Crippen LogP contribution < -0.4 is 4.90 Å². The van der Waals surface area contributed by atoms with Gasteiger partial charge < -0.3 is 9.32 Å². The van der Waals surface area contributed by atoms with Crippen LogP contribution in [0.5, 0.6) is 0 Å². The zero-order chi connectivity index (χ0) is 18.3. The van der Waals surface area contributed by atoms with Gasteiger partial charge in [-0.05, 0) is 36.8 Å². The molecule has 3 heterocycles. The van der Waals surface area contributed by atoms with Crippen molar-refractivity contribution in [3.8, 4) is 0 Å². The molecule has 2 aromatic heterocycles. The predicted octanol–water partition coefficient (Wildman–Crippen LogP) is 4.69. The van der Waals surface area contributed by atoms with Crippen LogP contribution in [0.2, 0.25) is 0 Å². The van der Waals surface area contributed by atoms with E-state index in [-0.39, 0.29) is 0 Å². The first-order valence-corrected chi connectivity index (χ1v) is 10.9. The van der Waals surface area contributed by atoms with Gasteiger partial charge in [-0.15, -0.1) is 33.4 Å². The Morgan fingerprint density at radius 3 is 2.62 bits per heavy atom. The zero-order valence-corrected chi connectivity index (χ0v) is 17.4. The minimum absolute atomic E-state index is 0.322. The van der Waals surface area contributed by atoms with Crippen molar-refractivity contribution in [2.75, 3.05) is 23.7 Å². The van der Waals surface area contributed by atoms with Crippen LogP contribution in [0.15, 0.2) is 28.0 Å². The van der Waals surface area contributed by atoms with Crippen molar-refractivity contribution >= 4 is 40.9 Å². The summed E-state index contributed by atoms with van der Waals surface area (Å²) >= 11 is 14.0. The van der Waals surface area contributed by atoms with Gasteiger partial charge in [-0.25, -0.2) is 0 Å². The molecule has 1 aliphatic heterocycles. The minimum atomic E-state index is -0.556.